The Morgan fingerprint density at radius 3 is 2.73 bits per heavy atom. The van der Waals surface area contributed by atoms with Gasteiger partial charge in [-0.25, -0.2) is 4.39 Å². The highest BCUT2D eigenvalue weighted by atomic mass is 19.1. The van der Waals surface area contributed by atoms with E-state index < -0.39 is 0 Å². The molecule has 2 nitrogen and oxygen atoms in total. The molecule has 0 radical (unpaired) electrons. The zero-order valence-electron chi connectivity index (χ0n) is 9.35. The summed E-state index contributed by atoms with van der Waals surface area (Å²) in [6.07, 6.45) is 0.844. The first-order chi connectivity index (χ1) is 7.27. The van der Waals surface area contributed by atoms with Gasteiger partial charge in [-0.1, -0.05) is 13.0 Å². The lowest BCUT2D eigenvalue weighted by molar-refractivity contribution is 0.321. The van der Waals surface area contributed by atoms with Crippen LogP contribution in [0, 0.1) is 5.82 Å². The zero-order valence-corrected chi connectivity index (χ0v) is 9.35. The Hall–Kier alpha value is -1.09. The summed E-state index contributed by atoms with van der Waals surface area (Å²) in [5, 5.41) is 3.20. The fourth-order valence-electron chi connectivity index (χ4n) is 1.38. The minimum absolute atomic E-state index is 0.272. The van der Waals surface area contributed by atoms with Crippen LogP contribution in [0.4, 0.5) is 4.39 Å². The van der Waals surface area contributed by atoms with Crippen molar-refractivity contribution in [1.29, 1.82) is 0 Å². The van der Waals surface area contributed by atoms with Crippen LogP contribution in [-0.2, 0) is 6.42 Å². The van der Waals surface area contributed by atoms with Crippen molar-refractivity contribution >= 4 is 0 Å². The van der Waals surface area contributed by atoms with E-state index in [4.69, 9.17) is 4.74 Å². The maximum absolute atomic E-state index is 13.4. The minimum atomic E-state index is -0.272. The lowest BCUT2D eigenvalue weighted by atomic mass is 10.1. The molecule has 0 spiro atoms. The largest absolute Gasteiger partial charge is 0.491 e. The van der Waals surface area contributed by atoms with Crippen LogP contribution in [0.15, 0.2) is 18.2 Å². The molecular formula is C12H18FNO. The molecule has 84 valence electrons. The van der Waals surface area contributed by atoms with E-state index in [-0.39, 0.29) is 5.82 Å². The third kappa shape index (κ3) is 3.88. The Morgan fingerprint density at radius 1 is 1.33 bits per heavy atom. The molecular weight excluding hydrogens is 193 g/mol. The topological polar surface area (TPSA) is 21.3 Å². The molecule has 3 heteroatoms. The molecule has 0 unspecified atom stereocenters. The molecule has 0 heterocycles. The third-order valence-corrected chi connectivity index (χ3v) is 2.14. The molecule has 1 aromatic carbocycles. The molecule has 0 aliphatic rings. The maximum Gasteiger partial charge on any atom is 0.165 e. The van der Waals surface area contributed by atoms with Gasteiger partial charge in [0.1, 0.15) is 0 Å². The van der Waals surface area contributed by atoms with Crippen LogP contribution in [0.2, 0.25) is 0 Å². The van der Waals surface area contributed by atoms with Gasteiger partial charge in [0, 0.05) is 0 Å². The second-order valence-corrected chi connectivity index (χ2v) is 3.30. The van der Waals surface area contributed by atoms with E-state index in [9.17, 15) is 4.39 Å². The number of ether oxygens (including phenoxy) is 1. The second kappa shape index (κ2) is 6.40. The summed E-state index contributed by atoms with van der Waals surface area (Å²) in [4.78, 5) is 0. The van der Waals surface area contributed by atoms with E-state index >= 15 is 0 Å². The number of hydrogen-bond donors (Lipinski definition) is 1. The highest BCUT2D eigenvalue weighted by Crippen LogP contribution is 2.18. The zero-order chi connectivity index (χ0) is 11.1. The van der Waals surface area contributed by atoms with Crippen molar-refractivity contribution in [2.75, 3.05) is 19.7 Å². The second-order valence-electron chi connectivity index (χ2n) is 3.30. The quantitative estimate of drug-likeness (QED) is 0.729. The molecule has 0 bridgehead atoms. The van der Waals surface area contributed by atoms with Crippen LogP contribution in [0.3, 0.4) is 0 Å². The van der Waals surface area contributed by atoms with Crippen molar-refractivity contribution in [3.05, 3.63) is 29.6 Å². The molecule has 0 saturated carbocycles. The van der Waals surface area contributed by atoms with E-state index in [2.05, 4.69) is 12.2 Å². The number of rotatable bonds is 6. The smallest absolute Gasteiger partial charge is 0.165 e. The first kappa shape index (κ1) is 12.0. The Kier molecular flexibility index (Phi) is 5.12. The molecule has 0 aliphatic heterocycles. The van der Waals surface area contributed by atoms with Gasteiger partial charge in [-0.3, -0.25) is 0 Å². The van der Waals surface area contributed by atoms with Crippen molar-refractivity contribution < 1.29 is 9.13 Å². The number of halogens is 1. The van der Waals surface area contributed by atoms with Crippen LogP contribution >= 0.6 is 0 Å². The maximum atomic E-state index is 13.4. The van der Waals surface area contributed by atoms with Crippen LogP contribution in [-0.4, -0.2) is 19.7 Å². The van der Waals surface area contributed by atoms with Crippen molar-refractivity contribution in [3.63, 3.8) is 0 Å². The summed E-state index contributed by atoms with van der Waals surface area (Å²) in [6, 6.07) is 5.15. The van der Waals surface area contributed by atoms with E-state index in [1.165, 1.54) is 0 Å². The molecule has 0 amide bonds. The Labute approximate surface area is 90.4 Å². The van der Waals surface area contributed by atoms with Gasteiger partial charge < -0.3 is 10.1 Å². The van der Waals surface area contributed by atoms with Gasteiger partial charge in [0.05, 0.1) is 6.61 Å². The van der Waals surface area contributed by atoms with Crippen molar-refractivity contribution in [2.24, 2.45) is 0 Å². The molecule has 1 rings (SSSR count). The minimum Gasteiger partial charge on any atom is -0.491 e. The van der Waals surface area contributed by atoms with E-state index in [1.54, 1.807) is 12.1 Å². The Morgan fingerprint density at radius 2 is 2.13 bits per heavy atom. The molecule has 1 aromatic rings. The highest BCUT2D eigenvalue weighted by molar-refractivity contribution is 5.29. The molecule has 0 atom stereocenters. The van der Waals surface area contributed by atoms with Gasteiger partial charge in [-0.05, 0) is 44.1 Å². The number of hydrogen-bond acceptors (Lipinski definition) is 2. The Bertz CT molecular complexity index is 302. The van der Waals surface area contributed by atoms with E-state index in [0.29, 0.717) is 12.4 Å². The average Bonchev–Trinajstić information content (AvgIpc) is 2.23. The van der Waals surface area contributed by atoms with Gasteiger partial charge in [0.15, 0.2) is 11.6 Å². The summed E-state index contributed by atoms with van der Waals surface area (Å²) >= 11 is 0. The van der Waals surface area contributed by atoms with Crippen molar-refractivity contribution in [2.45, 2.75) is 20.3 Å². The lowest BCUT2D eigenvalue weighted by Crippen LogP contribution is -2.16. The predicted molar refractivity (Wildman–Crippen MR) is 59.8 cm³/mol. The summed E-state index contributed by atoms with van der Waals surface area (Å²) in [7, 11) is 0. The van der Waals surface area contributed by atoms with Crippen LogP contribution in [0.1, 0.15) is 19.4 Å². The predicted octanol–water partition coefficient (Wildman–Crippen LogP) is 2.38. The van der Waals surface area contributed by atoms with E-state index in [1.807, 2.05) is 13.0 Å². The van der Waals surface area contributed by atoms with Crippen LogP contribution in [0.25, 0.3) is 0 Å². The van der Waals surface area contributed by atoms with Gasteiger partial charge >= 0.3 is 0 Å². The monoisotopic (exact) mass is 211 g/mol. The molecule has 0 fully saturated rings. The number of nitrogens with one attached hydrogen (secondary N) is 1. The van der Waals surface area contributed by atoms with Crippen molar-refractivity contribution in [3.8, 4) is 5.75 Å². The molecule has 0 saturated heterocycles. The number of benzene rings is 1. The first-order valence-electron chi connectivity index (χ1n) is 5.39. The summed E-state index contributed by atoms with van der Waals surface area (Å²) < 4.78 is 18.5. The number of likely N-dealkylation sites (N-methyl/N-ethyl adjacent to an activating group) is 1. The molecule has 0 aliphatic carbocycles. The standard InChI is InChI=1S/C12H18FNO/c1-3-14-8-7-10-5-6-12(15-4-2)11(13)9-10/h5-6,9,14H,3-4,7-8H2,1-2H3. The summed E-state index contributed by atoms with van der Waals surface area (Å²) in [6.45, 7) is 6.22. The highest BCUT2D eigenvalue weighted by Gasteiger charge is 2.03. The van der Waals surface area contributed by atoms with Gasteiger partial charge in [0.2, 0.25) is 0 Å². The summed E-state index contributed by atoms with van der Waals surface area (Å²) in [5.74, 6) is 0.0653. The van der Waals surface area contributed by atoms with Crippen LogP contribution in [0.5, 0.6) is 5.75 Å². The average molecular weight is 211 g/mol. The fourth-order valence-corrected chi connectivity index (χ4v) is 1.38. The van der Waals surface area contributed by atoms with Crippen LogP contribution < -0.4 is 10.1 Å². The lowest BCUT2D eigenvalue weighted by Gasteiger charge is -2.07. The normalized spacial score (nSPS) is 10.3. The summed E-state index contributed by atoms with van der Waals surface area (Å²) in [5.41, 5.74) is 0.997. The van der Waals surface area contributed by atoms with Gasteiger partial charge in [0.25, 0.3) is 0 Å². The molecule has 1 N–H and O–H groups in total. The molecule has 0 aromatic heterocycles. The third-order valence-electron chi connectivity index (χ3n) is 2.14. The van der Waals surface area contributed by atoms with Gasteiger partial charge in [-0.2, -0.15) is 0 Å². The van der Waals surface area contributed by atoms with E-state index in [0.717, 1.165) is 25.1 Å². The SMILES string of the molecule is CCNCCc1ccc(OCC)c(F)c1. The van der Waals surface area contributed by atoms with Gasteiger partial charge in [-0.15, -0.1) is 0 Å². The molecule has 15 heavy (non-hydrogen) atoms. The van der Waals surface area contributed by atoms with Crippen molar-refractivity contribution in [1.82, 2.24) is 5.32 Å². The Balaban J connectivity index is 2.56. The first-order valence-corrected chi connectivity index (χ1v) is 5.39. The fraction of sp³-hybridized carbons (Fsp3) is 0.500.